The smallest absolute Gasteiger partial charge is 0.333 e. The van der Waals surface area contributed by atoms with Crippen molar-refractivity contribution in [2.24, 2.45) is 5.92 Å². The predicted octanol–water partition coefficient (Wildman–Crippen LogP) is 0.699. The van der Waals surface area contributed by atoms with Crippen LogP contribution >= 0.6 is 0 Å². The van der Waals surface area contributed by atoms with Crippen LogP contribution in [0.1, 0.15) is 39.5 Å². The van der Waals surface area contributed by atoms with E-state index in [1.807, 2.05) is 0 Å². The minimum Gasteiger partial charge on any atom is -0.481 e. The van der Waals surface area contributed by atoms with Gasteiger partial charge in [0.15, 0.2) is 0 Å². The maximum absolute atomic E-state index is 11.8. The molecule has 1 saturated heterocycles. The van der Waals surface area contributed by atoms with Crippen molar-refractivity contribution in [1.29, 1.82) is 0 Å². The Labute approximate surface area is 106 Å². The third kappa shape index (κ3) is 3.80. The summed E-state index contributed by atoms with van der Waals surface area (Å²) >= 11 is 0. The lowest BCUT2D eigenvalue weighted by molar-refractivity contribution is -0.166. The third-order valence-electron chi connectivity index (χ3n) is 3.21. The first-order valence-corrected chi connectivity index (χ1v) is 6.08. The number of hydrogen-bond donors (Lipinski definition) is 2. The van der Waals surface area contributed by atoms with Crippen LogP contribution in [0.5, 0.6) is 0 Å². The van der Waals surface area contributed by atoms with Crippen LogP contribution in [0.3, 0.4) is 0 Å². The summed E-state index contributed by atoms with van der Waals surface area (Å²) in [7, 11) is 0. The van der Waals surface area contributed by atoms with Crippen molar-refractivity contribution in [2.75, 3.05) is 6.54 Å². The van der Waals surface area contributed by atoms with Gasteiger partial charge in [0.05, 0.1) is 5.92 Å². The molecule has 6 nitrogen and oxygen atoms in total. The lowest BCUT2D eigenvalue weighted by Gasteiger charge is -2.21. The maximum atomic E-state index is 11.8. The minimum atomic E-state index is -0.967. The van der Waals surface area contributed by atoms with Gasteiger partial charge in [-0.3, -0.25) is 9.59 Å². The molecule has 1 unspecified atom stereocenters. The first kappa shape index (κ1) is 14.6. The first-order valence-electron chi connectivity index (χ1n) is 6.08. The first-order chi connectivity index (χ1) is 8.35. The Morgan fingerprint density at radius 1 is 1.44 bits per heavy atom. The molecule has 1 aliphatic heterocycles. The summed E-state index contributed by atoms with van der Waals surface area (Å²) in [6, 6.07) is 0. The number of carboxylic acid groups (broad SMARTS) is 1. The predicted molar refractivity (Wildman–Crippen MR) is 62.8 cm³/mol. The summed E-state index contributed by atoms with van der Waals surface area (Å²) in [6.07, 6.45) is 1.57. The van der Waals surface area contributed by atoms with E-state index in [4.69, 9.17) is 9.84 Å². The van der Waals surface area contributed by atoms with Crippen molar-refractivity contribution in [1.82, 2.24) is 5.32 Å². The number of carboxylic acids is 1. The van der Waals surface area contributed by atoms with Crippen LogP contribution in [-0.2, 0) is 19.1 Å². The molecule has 1 rings (SSSR count). The highest BCUT2D eigenvalue weighted by Crippen LogP contribution is 2.21. The molecule has 2 atom stereocenters. The lowest BCUT2D eigenvalue weighted by Crippen LogP contribution is -2.46. The van der Waals surface area contributed by atoms with Gasteiger partial charge < -0.3 is 15.2 Å². The van der Waals surface area contributed by atoms with Crippen LogP contribution in [0.25, 0.3) is 0 Å². The van der Waals surface area contributed by atoms with E-state index in [9.17, 15) is 14.4 Å². The zero-order valence-electron chi connectivity index (χ0n) is 10.7. The summed E-state index contributed by atoms with van der Waals surface area (Å²) in [5.74, 6) is -2.79. The Morgan fingerprint density at radius 3 is 2.61 bits per heavy atom. The van der Waals surface area contributed by atoms with Crippen molar-refractivity contribution in [3.63, 3.8) is 0 Å². The van der Waals surface area contributed by atoms with Gasteiger partial charge in [0, 0.05) is 6.42 Å². The second-order valence-corrected chi connectivity index (χ2v) is 4.90. The van der Waals surface area contributed by atoms with E-state index in [0.29, 0.717) is 6.42 Å². The minimum absolute atomic E-state index is 0.111. The number of nitrogens with one attached hydrogen (secondary N) is 1. The van der Waals surface area contributed by atoms with Crippen molar-refractivity contribution >= 4 is 17.9 Å². The fraction of sp³-hybridized carbons (Fsp3) is 0.750. The van der Waals surface area contributed by atoms with Gasteiger partial charge in [-0.05, 0) is 32.7 Å². The summed E-state index contributed by atoms with van der Waals surface area (Å²) in [6.45, 7) is 3.99. The van der Waals surface area contributed by atoms with Crippen molar-refractivity contribution in [3.05, 3.63) is 0 Å². The molecule has 0 aliphatic carbocycles. The molecule has 18 heavy (non-hydrogen) atoms. The summed E-state index contributed by atoms with van der Waals surface area (Å²) < 4.78 is 4.80. The van der Waals surface area contributed by atoms with E-state index in [-0.39, 0.29) is 12.8 Å². The van der Waals surface area contributed by atoms with Crippen LogP contribution in [-0.4, -0.2) is 35.1 Å². The number of ether oxygens (including phenoxy) is 1. The molecule has 0 aromatic heterocycles. The fourth-order valence-corrected chi connectivity index (χ4v) is 1.83. The van der Waals surface area contributed by atoms with Crippen LogP contribution < -0.4 is 5.32 Å². The van der Waals surface area contributed by atoms with Crippen LogP contribution in [0, 0.1) is 5.92 Å². The Hall–Kier alpha value is -1.43. The van der Waals surface area contributed by atoms with Crippen LogP contribution in [0.2, 0.25) is 0 Å². The maximum Gasteiger partial charge on any atom is 0.333 e. The monoisotopic (exact) mass is 257 g/mol. The highest BCUT2D eigenvalue weighted by atomic mass is 16.6. The Kier molecular flexibility index (Phi) is 4.84. The average Bonchev–Trinajstić information content (AvgIpc) is 2.74. The molecule has 0 saturated carbocycles. The second kappa shape index (κ2) is 5.95. The molecule has 0 bridgehead atoms. The highest BCUT2D eigenvalue weighted by Gasteiger charge is 2.39. The molecular formula is C12H19NO5. The zero-order chi connectivity index (χ0) is 13.8. The molecule has 102 valence electrons. The summed E-state index contributed by atoms with van der Waals surface area (Å²) in [4.78, 5) is 33.8. The van der Waals surface area contributed by atoms with Gasteiger partial charge in [-0.15, -0.1) is 0 Å². The molecular weight excluding hydrogens is 238 g/mol. The Morgan fingerprint density at radius 2 is 2.11 bits per heavy atom. The zero-order valence-corrected chi connectivity index (χ0v) is 10.7. The lowest BCUT2D eigenvalue weighted by atomic mass is 10.0. The molecule has 0 aromatic carbocycles. The number of hydrogen-bond acceptors (Lipinski definition) is 5. The van der Waals surface area contributed by atoms with E-state index in [2.05, 4.69) is 5.32 Å². The molecule has 1 fully saturated rings. The van der Waals surface area contributed by atoms with Crippen LogP contribution in [0.4, 0.5) is 0 Å². The Balaban J connectivity index is 2.43. The fourth-order valence-electron chi connectivity index (χ4n) is 1.83. The van der Waals surface area contributed by atoms with Crippen molar-refractivity contribution in [2.45, 2.75) is 45.1 Å². The summed E-state index contributed by atoms with van der Waals surface area (Å²) in [5.41, 5.74) is -0.790. The van der Waals surface area contributed by atoms with Gasteiger partial charge in [-0.1, -0.05) is 6.92 Å². The topological polar surface area (TPSA) is 92.7 Å². The van der Waals surface area contributed by atoms with Crippen molar-refractivity contribution < 1.29 is 24.2 Å². The van der Waals surface area contributed by atoms with E-state index in [1.165, 1.54) is 0 Å². The van der Waals surface area contributed by atoms with Gasteiger partial charge in [0.2, 0.25) is 0 Å². The summed E-state index contributed by atoms with van der Waals surface area (Å²) in [5, 5.41) is 11.5. The largest absolute Gasteiger partial charge is 0.481 e. The van der Waals surface area contributed by atoms with E-state index in [0.717, 1.165) is 13.0 Å². The molecule has 1 aliphatic rings. The van der Waals surface area contributed by atoms with Gasteiger partial charge in [-0.2, -0.15) is 0 Å². The normalized spacial score (nSPS) is 24.6. The SMILES string of the molecule is CC(CCC(=O)O)C(=O)OC(=O)[C@]1(C)CCCN1. The molecule has 0 amide bonds. The van der Waals surface area contributed by atoms with Gasteiger partial charge in [-0.25, -0.2) is 4.79 Å². The Bertz CT molecular complexity index is 346. The number of carbonyl (C=O) groups excluding carboxylic acids is 2. The molecule has 1 heterocycles. The third-order valence-corrected chi connectivity index (χ3v) is 3.21. The average molecular weight is 257 g/mol. The highest BCUT2D eigenvalue weighted by molar-refractivity contribution is 5.92. The molecule has 0 radical (unpaired) electrons. The van der Waals surface area contributed by atoms with Gasteiger partial charge in [0.1, 0.15) is 5.54 Å². The number of esters is 2. The van der Waals surface area contributed by atoms with Gasteiger partial charge in [0.25, 0.3) is 0 Å². The number of rotatable bonds is 5. The van der Waals surface area contributed by atoms with Crippen molar-refractivity contribution in [3.8, 4) is 0 Å². The van der Waals surface area contributed by atoms with E-state index >= 15 is 0 Å². The second-order valence-electron chi connectivity index (χ2n) is 4.90. The molecule has 2 N–H and O–H groups in total. The quantitative estimate of drug-likeness (QED) is 0.556. The van der Waals surface area contributed by atoms with E-state index in [1.54, 1.807) is 13.8 Å². The number of aliphatic carboxylic acids is 1. The van der Waals surface area contributed by atoms with E-state index < -0.39 is 29.4 Å². The molecule has 0 spiro atoms. The standard InChI is InChI=1S/C12H19NO5/c1-8(4-5-9(14)15)10(16)18-11(17)12(2)6-3-7-13-12/h8,13H,3-7H2,1-2H3,(H,14,15)/t8?,12-/m0/s1. The molecule has 0 aromatic rings. The van der Waals surface area contributed by atoms with Crippen LogP contribution in [0.15, 0.2) is 0 Å². The molecule has 6 heteroatoms. The van der Waals surface area contributed by atoms with Gasteiger partial charge >= 0.3 is 17.9 Å². The number of carbonyl (C=O) groups is 3.